The predicted molar refractivity (Wildman–Crippen MR) is 50.1 cm³/mol. The number of hydrogen-bond donors (Lipinski definition) is 1. The second-order valence-corrected chi connectivity index (χ2v) is 2.75. The summed E-state index contributed by atoms with van der Waals surface area (Å²) in [6.45, 7) is 1.85. The summed E-state index contributed by atoms with van der Waals surface area (Å²) in [5, 5.41) is 8.76. The summed E-state index contributed by atoms with van der Waals surface area (Å²) in [6, 6.07) is 5.05. The Bertz CT molecular complexity index is 323. The van der Waals surface area contributed by atoms with E-state index in [1.165, 1.54) is 7.11 Å². The van der Waals surface area contributed by atoms with Crippen LogP contribution in [-0.4, -0.2) is 25.6 Å². The fourth-order valence-electron chi connectivity index (χ4n) is 1.12. The van der Waals surface area contributed by atoms with Gasteiger partial charge in [-0.3, -0.25) is 0 Å². The average molecular weight is 177 g/mol. The molecule has 1 radical (unpaired) electrons. The molecule has 0 spiro atoms. The van der Waals surface area contributed by atoms with E-state index in [2.05, 4.69) is 4.74 Å². The van der Waals surface area contributed by atoms with E-state index in [0.29, 0.717) is 11.0 Å². The molecule has 0 aromatic heterocycles. The van der Waals surface area contributed by atoms with Crippen LogP contribution < -0.4 is 5.46 Å². The molecule has 0 fully saturated rings. The first kappa shape index (κ1) is 9.80. The largest absolute Gasteiger partial charge is 0.465 e. The topological polar surface area (TPSA) is 46.5 Å². The summed E-state index contributed by atoms with van der Waals surface area (Å²) >= 11 is 0. The number of hydrogen-bond acceptors (Lipinski definition) is 3. The molecule has 0 unspecified atom stereocenters. The van der Waals surface area contributed by atoms with Crippen LogP contribution in [0.25, 0.3) is 0 Å². The minimum atomic E-state index is -0.396. The summed E-state index contributed by atoms with van der Waals surface area (Å²) < 4.78 is 4.56. The van der Waals surface area contributed by atoms with E-state index < -0.39 is 5.97 Å². The summed E-state index contributed by atoms with van der Waals surface area (Å²) in [7, 11) is 2.28. The third-order valence-corrected chi connectivity index (χ3v) is 1.67. The molecule has 1 aromatic rings. The van der Waals surface area contributed by atoms with Crippen LogP contribution in [0, 0.1) is 6.92 Å². The predicted octanol–water partition coefficient (Wildman–Crippen LogP) is 0.0184. The maximum Gasteiger partial charge on any atom is 0.337 e. The Morgan fingerprint density at radius 3 is 2.69 bits per heavy atom. The molecular weight excluding hydrogens is 167 g/mol. The number of rotatable bonds is 2. The van der Waals surface area contributed by atoms with E-state index in [-0.39, 0.29) is 0 Å². The first-order chi connectivity index (χ1) is 6.17. The van der Waals surface area contributed by atoms with Gasteiger partial charge >= 0.3 is 13.5 Å². The molecule has 0 saturated carbocycles. The molecule has 0 bridgehead atoms. The van der Waals surface area contributed by atoms with E-state index in [1.807, 2.05) is 6.92 Å². The highest BCUT2D eigenvalue weighted by Crippen LogP contribution is 2.03. The van der Waals surface area contributed by atoms with Crippen LogP contribution in [0.1, 0.15) is 15.9 Å². The van der Waals surface area contributed by atoms with Gasteiger partial charge in [-0.2, -0.15) is 0 Å². The lowest BCUT2D eigenvalue weighted by Gasteiger charge is -2.02. The third kappa shape index (κ3) is 2.32. The normalized spacial score (nSPS) is 9.46. The Labute approximate surface area is 77.6 Å². The van der Waals surface area contributed by atoms with Gasteiger partial charge in [0.25, 0.3) is 0 Å². The van der Waals surface area contributed by atoms with Crippen molar-refractivity contribution in [2.75, 3.05) is 7.11 Å². The Morgan fingerprint density at radius 2 is 2.15 bits per heavy atom. The van der Waals surface area contributed by atoms with Gasteiger partial charge in [-0.05, 0) is 13.0 Å². The van der Waals surface area contributed by atoms with Crippen molar-refractivity contribution in [3.8, 4) is 0 Å². The van der Waals surface area contributed by atoms with Gasteiger partial charge in [0.05, 0.1) is 12.7 Å². The molecule has 4 heteroatoms. The van der Waals surface area contributed by atoms with Crippen LogP contribution in [0.2, 0.25) is 0 Å². The summed E-state index contributed by atoms with van der Waals surface area (Å²) in [4.78, 5) is 11.1. The van der Waals surface area contributed by atoms with E-state index in [0.717, 1.165) is 13.0 Å². The number of esters is 1. The number of ether oxygens (including phenoxy) is 1. The summed E-state index contributed by atoms with van der Waals surface area (Å²) in [5.74, 6) is -0.396. The molecule has 67 valence electrons. The number of carbonyl (C=O) groups excluding carboxylic acids is 1. The fraction of sp³-hybridized carbons (Fsp3) is 0.222. The van der Waals surface area contributed by atoms with Gasteiger partial charge in [0.15, 0.2) is 0 Å². The summed E-state index contributed by atoms with van der Waals surface area (Å²) in [5.41, 5.74) is 1.95. The second-order valence-electron chi connectivity index (χ2n) is 2.75. The highest BCUT2D eigenvalue weighted by molar-refractivity contribution is 6.45. The molecule has 1 aromatic carbocycles. The van der Waals surface area contributed by atoms with Crippen molar-refractivity contribution in [1.82, 2.24) is 0 Å². The fourth-order valence-corrected chi connectivity index (χ4v) is 1.12. The van der Waals surface area contributed by atoms with Crippen LogP contribution in [0.3, 0.4) is 0 Å². The van der Waals surface area contributed by atoms with Crippen molar-refractivity contribution < 1.29 is 14.6 Å². The molecule has 3 nitrogen and oxygen atoms in total. The van der Waals surface area contributed by atoms with Crippen molar-refractivity contribution in [3.05, 3.63) is 29.3 Å². The monoisotopic (exact) mass is 177 g/mol. The SMILES string of the molecule is COC(=O)c1cc(C)cc([B]O)c1. The molecule has 0 saturated heterocycles. The molecule has 0 heterocycles. The number of benzene rings is 1. The van der Waals surface area contributed by atoms with Crippen molar-refractivity contribution in [2.45, 2.75) is 6.92 Å². The lowest BCUT2D eigenvalue weighted by Crippen LogP contribution is -2.16. The standard InChI is InChI=1S/C9H10BO3/c1-6-3-7(9(11)13-2)5-8(4-6)10-12/h3-5,12H,1-2H3. The molecule has 0 aliphatic heterocycles. The quantitative estimate of drug-likeness (QED) is 0.511. The molecule has 0 aliphatic rings. The lowest BCUT2D eigenvalue weighted by molar-refractivity contribution is 0.0600. The van der Waals surface area contributed by atoms with Gasteiger partial charge in [-0.1, -0.05) is 23.2 Å². The van der Waals surface area contributed by atoms with Gasteiger partial charge < -0.3 is 9.76 Å². The Morgan fingerprint density at radius 1 is 1.46 bits per heavy atom. The van der Waals surface area contributed by atoms with Gasteiger partial charge in [0.2, 0.25) is 0 Å². The van der Waals surface area contributed by atoms with Crippen molar-refractivity contribution in [1.29, 1.82) is 0 Å². The van der Waals surface area contributed by atoms with Crippen LogP contribution in [0.4, 0.5) is 0 Å². The van der Waals surface area contributed by atoms with Crippen molar-refractivity contribution in [3.63, 3.8) is 0 Å². The smallest absolute Gasteiger partial charge is 0.337 e. The van der Waals surface area contributed by atoms with Crippen molar-refractivity contribution >= 4 is 18.9 Å². The molecule has 0 amide bonds. The Kier molecular flexibility index (Phi) is 3.09. The second kappa shape index (κ2) is 4.09. The third-order valence-electron chi connectivity index (χ3n) is 1.67. The van der Waals surface area contributed by atoms with E-state index in [1.54, 1.807) is 18.2 Å². The minimum Gasteiger partial charge on any atom is -0.465 e. The molecule has 0 aliphatic carbocycles. The highest BCUT2D eigenvalue weighted by Gasteiger charge is 2.07. The van der Waals surface area contributed by atoms with E-state index in [9.17, 15) is 4.79 Å². The minimum absolute atomic E-state index is 0.396. The zero-order valence-electron chi connectivity index (χ0n) is 7.57. The van der Waals surface area contributed by atoms with Crippen LogP contribution in [-0.2, 0) is 4.74 Å². The summed E-state index contributed by atoms with van der Waals surface area (Å²) in [6.07, 6.45) is 0. The molecule has 0 atom stereocenters. The molecular formula is C9H10BO3. The number of aryl methyl sites for hydroxylation is 1. The van der Waals surface area contributed by atoms with Gasteiger partial charge in [0.1, 0.15) is 0 Å². The van der Waals surface area contributed by atoms with Gasteiger partial charge in [0, 0.05) is 0 Å². The van der Waals surface area contributed by atoms with Crippen LogP contribution >= 0.6 is 0 Å². The highest BCUT2D eigenvalue weighted by atomic mass is 16.5. The van der Waals surface area contributed by atoms with Gasteiger partial charge in [-0.25, -0.2) is 4.79 Å². The average Bonchev–Trinajstić information content (AvgIpc) is 2.15. The molecule has 1 N–H and O–H groups in total. The molecule has 1 rings (SSSR count). The zero-order valence-corrected chi connectivity index (χ0v) is 7.57. The van der Waals surface area contributed by atoms with Crippen molar-refractivity contribution in [2.24, 2.45) is 0 Å². The Hall–Kier alpha value is -1.29. The Balaban J connectivity index is 3.08. The first-order valence-electron chi connectivity index (χ1n) is 3.85. The molecule has 13 heavy (non-hydrogen) atoms. The number of carbonyl (C=O) groups is 1. The van der Waals surface area contributed by atoms with Gasteiger partial charge in [-0.15, -0.1) is 0 Å². The van der Waals surface area contributed by atoms with Crippen LogP contribution in [0.5, 0.6) is 0 Å². The lowest BCUT2D eigenvalue weighted by atomic mass is 9.86. The van der Waals surface area contributed by atoms with E-state index >= 15 is 0 Å². The first-order valence-corrected chi connectivity index (χ1v) is 3.85. The van der Waals surface area contributed by atoms with E-state index in [4.69, 9.17) is 5.02 Å². The maximum atomic E-state index is 11.1. The zero-order chi connectivity index (χ0) is 9.84. The maximum absolute atomic E-state index is 11.1. The number of methoxy groups -OCH3 is 1. The van der Waals surface area contributed by atoms with Crippen LogP contribution in [0.15, 0.2) is 18.2 Å².